The molecule has 0 aromatic carbocycles. The summed E-state index contributed by atoms with van der Waals surface area (Å²) in [5.74, 6) is 0. The minimum atomic E-state index is -5.17. The van der Waals surface area contributed by atoms with Gasteiger partial charge in [0.1, 0.15) is 0 Å². The molecule has 0 aromatic rings. The molecule has 0 aliphatic rings. The predicted octanol–water partition coefficient (Wildman–Crippen LogP) is -2.78. The molecule has 0 rings (SSSR count). The average molecular weight is 364 g/mol. The van der Waals surface area contributed by atoms with E-state index in [-0.39, 0.29) is 33.9 Å². The van der Waals surface area contributed by atoms with Crippen molar-refractivity contribution < 1.29 is 22.6 Å². The predicted molar refractivity (Wildman–Crippen MR) is 32.4 cm³/mol. The van der Waals surface area contributed by atoms with Crippen molar-refractivity contribution in [2.75, 3.05) is 13.2 Å². The maximum absolute atomic E-state index is 8.52. The topological polar surface area (TPSA) is 127 Å². The number of rotatable bonds is 1. The van der Waals surface area contributed by atoms with Gasteiger partial charge in [0.05, 0.1) is 6.61 Å². The second-order valence-electron chi connectivity index (χ2n) is 0.921. The second-order valence-corrected chi connectivity index (χ2v) is 1.74. The Hall–Kier alpha value is 0.712. The van der Waals surface area contributed by atoms with E-state index < -0.39 is 10.4 Å². The fraction of sp³-hybridized carbons (Fsp3) is 1.00. The van der Waals surface area contributed by atoms with E-state index in [0.29, 0.717) is 6.54 Å². The van der Waals surface area contributed by atoms with Crippen LogP contribution < -0.4 is 5.73 Å². The zero-order chi connectivity index (χ0) is 7.91. The monoisotopic (exact) mass is 365 g/mol. The summed E-state index contributed by atoms with van der Waals surface area (Å²) in [5.41, 5.74) is 4.78. The summed E-state index contributed by atoms with van der Waals surface area (Å²) in [7, 11) is -5.17. The van der Waals surface area contributed by atoms with Crippen LogP contribution in [0.3, 0.4) is 0 Å². The average Bonchev–Trinajstić information content (AvgIpc) is 1.61. The number of hydrogen-bond acceptors (Lipinski definition) is 6. The van der Waals surface area contributed by atoms with Crippen LogP contribution in [-0.4, -0.2) is 63.1 Å². The molecule has 0 unspecified atom stereocenters. The fourth-order valence-corrected chi connectivity index (χ4v) is 0. The smallest absolute Gasteiger partial charge is 0.759 e. The Bertz CT molecular complexity index is 123. The van der Waals surface area contributed by atoms with Crippen molar-refractivity contribution in [2.45, 2.75) is 0 Å². The summed E-state index contributed by atoms with van der Waals surface area (Å²) < 4.78 is 34.1. The molecule has 3 N–H and O–H groups in total. The molecule has 2 radical (unpaired) electrons. The Morgan fingerprint density at radius 2 is 1.50 bits per heavy atom. The summed E-state index contributed by atoms with van der Waals surface area (Å²) in [6.07, 6.45) is 0. The molecule has 10 heavy (non-hydrogen) atoms. The standard InChI is InChI=1S/C2H7NO.H2O4S.Pb/c3-1-2-4;1-5(2,3)4;/h4H,1-3H2;(H2,1,2,3,4);/q;;+2/p-2. The SMILES string of the molecule is NCCO.O=S(=O)([O-])[O-].[Pb+2]. The first-order valence-electron chi connectivity index (χ1n) is 1.89. The first-order chi connectivity index (χ1) is 3.91. The molecule has 6 nitrogen and oxygen atoms in total. The van der Waals surface area contributed by atoms with Gasteiger partial charge in [0.25, 0.3) is 0 Å². The summed E-state index contributed by atoms with van der Waals surface area (Å²) in [6.45, 7) is 0.472. The van der Waals surface area contributed by atoms with Crippen molar-refractivity contribution in [3.8, 4) is 0 Å². The molecule has 60 valence electrons. The van der Waals surface area contributed by atoms with E-state index in [9.17, 15) is 0 Å². The maximum Gasteiger partial charge on any atom is 2.00 e. The summed E-state index contributed by atoms with van der Waals surface area (Å²) >= 11 is 0. The Balaban J connectivity index is -0.0000000910. The zero-order valence-electron chi connectivity index (χ0n) is 4.98. The zero-order valence-corrected chi connectivity index (χ0v) is 9.68. The van der Waals surface area contributed by atoms with Gasteiger partial charge in [0.15, 0.2) is 0 Å². The van der Waals surface area contributed by atoms with Gasteiger partial charge in [-0.05, 0) is 0 Å². The van der Waals surface area contributed by atoms with E-state index >= 15 is 0 Å². The summed E-state index contributed by atoms with van der Waals surface area (Å²) in [6, 6.07) is 0. The number of hydrogen-bond donors (Lipinski definition) is 2. The molecular weight excluding hydrogens is 357 g/mol. The van der Waals surface area contributed by atoms with Gasteiger partial charge in [-0.25, -0.2) is 0 Å². The number of aliphatic hydroxyl groups excluding tert-OH is 1. The van der Waals surface area contributed by atoms with Crippen LogP contribution in [0.1, 0.15) is 0 Å². The van der Waals surface area contributed by atoms with Gasteiger partial charge in [-0.15, -0.1) is 0 Å². The van der Waals surface area contributed by atoms with Crippen LogP contribution in [0.2, 0.25) is 0 Å². The van der Waals surface area contributed by atoms with Crippen molar-refractivity contribution in [1.29, 1.82) is 0 Å². The maximum atomic E-state index is 8.52. The molecule has 8 heteroatoms. The Morgan fingerprint density at radius 3 is 1.50 bits per heavy atom. The molecule has 0 saturated heterocycles. The Labute approximate surface area is 79.2 Å². The third kappa shape index (κ3) is 177. The molecule has 0 amide bonds. The van der Waals surface area contributed by atoms with Gasteiger partial charge in [0.2, 0.25) is 0 Å². The van der Waals surface area contributed by atoms with E-state index in [1.165, 1.54) is 0 Å². The van der Waals surface area contributed by atoms with Crippen LogP contribution in [0.15, 0.2) is 0 Å². The molecule has 0 aromatic heterocycles. The Morgan fingerprint density at radius 1 is 1.40 bits per heavy atom. The van der Waals surface area contributed by atoms with Crippen molar-refractivity contribution in [2.24, 2.45) is 5.73 Å². The largest absolute Gasteiger partial charge is 2.00 e. The molecule has 0 aliphatic heterocycles. The van der Waals surface area contributed by atoms with E-state index in [2.05, 4.69) is 0 Å². The molecule has 0 bridgehead atoms. The minimum absolute atomic E-state index is 0. The first kappa shape index (κ1) is 17.0. The Kier molecular flexibility index (Phi) is 16.5. The van der Waals surface area contributed by atoms with Crippen molar-refractivity contribution in [3.05, 3.63) is 0 Å². The van der Waals surface area contributed by atoms with Crippen molar-refractivity contribution in [1.82, 2.24) is 0 Å². The molecule has 0 spiro atoms. The van der Waals surface area contributed by atoms with Gasteiger partial charge in [-0.2, -0.15) is 0 Å². The molecule has 0 saturated carbocycles. The van der Waals surface area contributed by atoms with Crippen molar-refractivity contribution >= 4 is 37.7 Å². The van der Waals surface area contributed by atoms with Gasteiger partial charge < -0.3 is 19.9 Å². The van der Waals surface area contributed by atoms with Gasteiger partial charge in [-0.3, -0.25) is 8.42 Å². The van der Waals surface area contributed by atoms with E-state index in [0.717, 1.165) is 0 Å². The van der Waals surface area contributed by atoms with E-state index in [4.69, 9.17) is 28.4 Å². The molecule has 0 heterocycles. The van der Waals surface area contributed by atoms with Crippen LogP contribution in [0, 0.1) is 0 Å². The first-order valence-corrected chi connectivity index (χ1v) is 3.22. The van der Waals surface area contributed by atoms with Gasteiger partial charge in [0, 0.05) is 16.9 Å². The molecule has 0 fully saturated rings. The number of aliphatic hydroxyl groups is 1. The third-order valence-corrected chi connectivity index (χ3v) is 0.129. The molecule has 0 aliphatic carbocycles. The normalized spacial score (nSPS) is 8.80. The van der Waals surface area contributed by atoms with Crippen LogP contribution in [0.4, 0.5) is 0 Å². The van der Waals surface area contributed by atoms with Gasteiger partial charge in [-0.1, -0.05) is 0 Å². The van der Waals surface area contributed by atoms with E-state index in [1.54, 1.807) is 0 Å². The molecule has 0 atom stereocenters. The minimum Gasteiger partial charge on any atom is -0.759 e. The second kappa shape index (κ2) is 9.71. The third-order valence-electron chi connectivity index (χ3n) is 0.129. The van der Waals surface area contributed by atoms with Crippen LogP contribution in [0.25, 0.3) is 0 Å². The summed E-state index contributed by atoms with van der Waals surface area (Å²) in [4.78, 5) is 0. The van der Waals surface area contributed by atoms with Crippen LogP contribution in [-0.2, 0) is 10.4 Å². The van der Waals surface area contributed by atoms with Crippen molar-refractivity contribution in [3.63, 3.8) is 0 Å². The van der Waals surface area contributed by atoms with Gasteiger partial charge >= 0.3 is 27.3 Å². The quantitative estimate of drug-likeness (QED) is 0.294. The fourth-order valence-electron chi connectivity index (χ4n) is 0. The van der Waals surface area contributed by atoms with Crippen LogP contribution in [0.5, 0.6) is 0 Å². The molecular formula is C2H7NO5PbS. The number of nitrogens with two attached hydrogens (primary N) is 1. The van der Waals surface area contributed by atoms with E-state index in [1.807, 2.05) is 0 Å². The summed E-state index contributed by atoms with van der Waals surface area (Å²) in [5, 5.41) is 7.75. The van der Waals surface area contributed by atoms with Crippen LogP contribution >= 0.6 is 0 Å².